The Kier molecular flexibility index (Phi) is 5.03. The maximum Gasteiger partial charge on any atom is 0.193 e. The molecule has 2 fully saturated rings. The number of hydrogen-bond donors (Lipinski definition) is 1. The van der Waals surface area contributed by atoms with Crippen molar-refractivity contribution in [2.45, 2.75) is 38.3 Å². The lowest BCUT2D eigenvalue weighted by molar-refractivity contribution is 0.0131. The van der Waals surface area contributed by atoms with E-state index in [0.717, 1.165) is 51.0 Å². The number of guanidine groups is 1. The average molecular weight is 304 g/mol. The minimum absolute atomic E-state index is 0.447. The normalized spacial score (nSPS) is 20.5. The van der Waals surface area contributed by atoms with Gasteiger partial charge in [-0.05, 0) is 43.7 Å². The summed E-state index contributed by atoms with van der Waals surface area (Å²) in [5.41, 5.74) is 1.27. The first kappa shape index (κ1) is 15.4. The van der Waals surface area contributed by atoms with Gasteiger partial charge in [0.25, 0.3) is 0 Å². The Morgan fingerprint density at radius 2 is 2.09 bits per heavy atom. The number of aromatic nitrogens is 1. The molecule has 0 atom stereocenters. The molecule has 0 aromatic carbocycles. The molecule has 0 unspecified atom stereocenters. The van der Waals surface area contributed by atoms with Crippen LogP contribution in [0, 0.1) is 5.92 Å². The van der Waals surface area contributed by atoms with Crippen LogP contribution in [0.2, 0.25) is 0 Å². The van der Waals surface area contributed by atoms with Crippen molar-refractivity contribution in [1.82, 2.24) is 14.8 Å². The number of nitrogens with zero attached hydrogens (tertiary/aromatic N) is 3. The Labute approximate surface area is 133 Å². The Bertz CT molecular complexity index is 499. The fourth-order valence-electron chi connectivity index (χ4n) is 2.97. The highest BCUT2D eigenvalue weighted by Gasteiger charge is 2.26. The molecule has 5 heteroatoms. The van der Waals surface area contributed by atoms with Gasteiger partial charge in [0.05, 0.1) is 12.6 Å². The van der Waals surface area contributed by atoms with Crippen LogP contribution in [0.25, 0.3) is 0 Å². The van der Waals surface area contributed by atoms with E-state index in [1.54, 1.807) is 0 Å². The van der Waals surface area contributed by atoms with Gasteiger partial charge in [0.2, 0.25) is 0 Å². The third-order valence-corrected chi connectivity index (χ3v) is 4.70. The van der Waals surface area contributed by atoms with Crippen molar-refractivity contribution in [2.24, 2.45) is 18.0 Å². The minimum atomic E-state index is 0.447. The van der Waals surface area contributed by atoms with Crippen LogP contribution < -0.4 is 5.32 Å². The van der Waals surface area contributed by atoms with E-state index >= 15 is 0 Å². The van der Waals surface area contributed by atoms with E-state index in [2.05, 4.69) is 45.2 Å². The minimum Gasteiger partial charge on any atom is -0.378 e. The lowest BCUT2D eigenvalue weighted by Crippen LogP contribution is -2.46. The number of hydrogen-bond acceptors (Lipinski definition) is 2. The van der Waals surface area contributed by atoms with Crippen LogP contribution in [0.1, 0.15) is 31.4 Å². The van der Waals surface area contributed by atoms with Gasteiger partial charge < -0.3 is 19.5 Å². The molecule has 1 N–H and O–H groups in total. The average Bonchev–Trinajstić information content (AvgIpc) is 3.29. The first-order valence-electron chi connectivity index (χ1n) is 8.43. The molecular formula is C17H28N4O. The van der Waals surface area contributed by atoms with Gasteiger partial charge in [0.1, 0.15) is 0 Å². The molecule has 1 aliphatic carbocycles. The van der Waals surface area contributed by atoms with Gasteiger partial charge in [-0.25, -0.2) is 0 Å². The molecule has 5 nitrogen and oxygen atoms in total. The number of likely N-dealkylation sites (tertiary alicyclic amines) is 1. The smallest absolute Gasteiger partial charge is 0.193 e. The van der Waals surface area contributed by atoms with Crippen molar-refractivity contribution in [2.75, 3.05) is 26.7 Å². The summed E-state index contributed by atoms with van der Waals surface area (Å²) in [6.07, 6.45) is 7.48. The lowest BCUT2D eigenvalue weighted by Gasteiger charge is -2.34. The molecule has 0 radical (unpaired) electrons. The molecule has 2 aliphatic rings. The highest BCUT2D eigenvalue weighted by Crippen LogP contribution is 2.30. The van der Waals surface area contributed by atoms with Gasteiger partial charge >= 0.3 is 0 Å². The van der Waals surface area contributed by atoms with Crippen molar-refractivity contribution in [3.8, 4) is 0 Å². The van der Waals surface area contributed by atoms with E-state index in [9.17, 15) is 0 Å². The van der Waals surface area contributed by atoms with Gasteiger partial charge in [-0.1, -0.05) is 0 Å². The van der Waals surface area contributed by atoms with Crippen LogP contribution in [0.15, 0.2) is 23.3 Å². The van der Waals surface area contributed by atoms with E-state index in [-0.39, 0.29) is 0 Å². The summed E-state index contributed by atoms with van der Waals surface area (Å²) in [5.74, 6) is 1.86. The summed E-state index contributed by atoms with van der Waals surface area (Å²) >= 11 is 0. The molecule has 0 amide bonds. The van der Waals surface area contributed by atoms with E-state index in [4.69, 9.17) is 4.74 Å². The Morgan fingerprint density at radius 3 is 2.68 bits per heavy atom. The van der Waals surface area contributed by atoms with Gasteiger partial charge in [0, 0.05) is 45.7 Å². The highest BCUT2D eigenvalue weighted by molar-refractivity contribution is 5.79. The summed E-state index contributed by atoms with van der Waals surface area (Å²) in [4.78, 5) is 6.78. The summed E-state index contributed by atoms with van der Waals surface area (Å²) < 4.78 is 8.15. The van der Waals surface area contributed by atoms with Gasteiger partial charge in [-0.15, -0.1) is 0 Å². The van der Waals surface area contributed by atoms with E-state index < -0.39 is 0 Å². The zero-order valence-corrected chi connectivity index (χ0v) is 13.8. The van der Waals surface area contributed by atoms with Crippen LogP contribution in [-0.4, -0.2) is 48.3 Å². The lowest BCUT2D eigenvalue weighted by atomic mass is 10.1. The Hall–Kier alpha value is -1.49. The Balaban J connectivity index is 1.43. The quantitative estimate of drug-likeness (QED) is 0.668. The van der Waals surface area contributed by atoms with Crippen LogP contribution in [0.4, 0.5) is 0 Å². The van der Waals surface area contributed by atoms with Crippen molar-refractivity contribution in [1.29, 1.82) is 0 Å². The summed E-state index contributed by atoms with van der Waals surface area (Å²) in [6.45, 7) is 3.85. The van der Waals surface area contributed by atoms with Crippen molar-refractivity contribution in [3.63, 3.8) is 0 Å². The van der Waals surface area contributed by atoms with Crippen LogP contribution in [-0.2, 0) is 18.3 Å². The molecule has 1 saturated heterocycles. The Morgan fingerprint density at radius 1 is 1.32 bits per heavy atom. The second-order valence-electron chi connectivity index (χ2n) is 6.47. The number of rotatable bonds is 5. The molecule has 0 bridgehead atoms. The van der Waals surface area contributed by atoms with E-state index in [0.29, 0.717) is 6.10 Å². The number of ether oxygens (including phenoxy) is 1. The SMILES string of the molecule is CN=C(NCc1cccn1C)N1CCC(OCC2CC2)CC1. The monoisotopic (exact) mass is 304 g/mol. The van der Waals surface area contributed by atoms with Gasteiger partial charge in [0.15, 0.2) is 5.96 Å². The fraction of sp³-hybridized carbons (Fsp3) is 0.706. The number of aryl methyl sites for hydroxylation is 1. The van der Waals surface area contributed by atoms with Gasteiger partial charge in [-0.2, -0.15) is 0 Å². The number of piperidine rings is 1. The summed E-state index contributed by atoms with van der Waals surface area (Å²) in [7, 11) is 3.94. The summed E-state index contributed by atoms with van der Waals surface area (Å²) in [5, 5.41) is 3.47. The zero-order chi connectivity index (χ0) is 15.4. The second-order valence-corrected chi connectivity index (χ2v) is 6.47. The molecule has 3 rings (SSSR count). The molecule has 122 valence electrons. The third-order valence-electron chi connectivity index (χ3n) is 4.70. The van der Waals surface area contributed by atoms with Gasteiger partial charge in [-0.3, -0.25) is 4.99 Å². The molecule has 0 spiro atoms. The number of nitrogens with one attached hydrogen (secondary N) is 1. The first-order chi connectivity index (χ1) is 10.8. The molecule has 1 aromatic heterocycles. The molecule has 22 heavy (non-hydrogen) atoms. The van der Waals surface area contributed by atoms with E-state index in [1.165, 1.54) is 18.5 Å². The van der Waals surface area contributed by atoms with Crippen LogP contribution >= 0.6 is 0 Å². The molecular weight excluding hydrogens is 276 g/mol. The zero-order valence-electron chi connectivity index (χ0n) is 13.8. The molecule has 1 aliphatic heterocycles. The predicted molar refractivity (Wildman–Crippen MR) is 88.9 cm³/mol. The topological polar surface area (TPSA) is 41.8 Å². The predicted octanol–water partition coefficient (Wildman–Crippen LogP) is 1.99. The van der Waals surface area contributed by atoms with Crippen molar-refractivity contribution >= 4 is 5.96 Å². The highest BCUT2D eigenvalue weighted by atomic mass is 16.5. The maximum absolute atomic E-state index is 6.01. The molecule has 1 saturated carbocycles. The standard InChI is InChI=1S/C17H28N4O/c1-18-17(19-12-15-4-3-9-20(15)2)21-10-7-16(8-11-21)22-13-14-5-6-14/h3-4,9,14,16H,5-8,10-13H2,1-2H3,(H,18,19). The summed E-state index contributed by atoms with van der Waals surface area (Å²) in [6, 6.07) is 4.21. The molecule has 2 heterocycles. The largest absolute Gasteiger partial charge is 0.378 e. The fourth-order valence-corrected chi connectivity index (χ4v) is 2.97. The molecule has 1 aromatic rings. The maximum atomic E-state index is 6.01. The van der Waals surface area contributed by atoms with Crippen molar-refractivity contribution < 1.29 is 4.74 Å². The second kappa shape index (κ2) is 7.18. The first-order valence-corrected chi connectivity index (χ1v) is 8.43. The number of aliphatic imine (C=N–C) groups is 1. The third kappa shape index (κ3) is 4.03. The van der Waals surface area contributed by atoms with Crippen LogP contribution in [0.5, 0.6) is 0 Å². The van der Waals surface area contributed by atoms with E-state index in [1.807, 2.05) is 7.05 Å². The van der Waals surface area contributed by atoms with Crippen molar-refractivity contribution in [3.05, 3.63) is 24.0 Å². The van der Waals surface area contributed by atoms with Crippen LogP contribution in [0.3, 0.4) is 0 Å².